The minimum Gasteiger partial charge on any atom is -0.497 e. The normalized spacial score (nSPS) is 11.8. The van der Waals surface area contributed by atoms with E-state index in [1.54, 1.807) is 28.1 Å². The number of hydrogen-bond donors (Lipinski definition) is 4. The predicted molar refractivity (Wildman–Crippen MR) is 188 cm³/mol. The lowest BCUT2D eigenvalue weighted by Gasteiger charge is -2.37. The molecule has 266 valence electrons. The van der Waals surface area contributed by atoms with E-state index in [1.165, 1.54) is 0 Å². The number of nitrogens with one attached hydrogen (secondary N) is 3. The molecule has 11 nitrogen and oxygen atoms in total. The van der Waals surface area contributed by atoms with E-state index >= 15 is 0 Å². The molecule has 4 N–H and O–H groups in total. The lowest BCUT2D eigenvalue weighted by atomic mass is 9.79. The van der Waals surface area contributed by atoms with Gasteiger partial charge in [-0.25, -0.2) is 4.79 Å². The topological polar surface area (TPSA) is 144 Å². The number of unbranched alkanes of at least 4 members (excludes halogenated alkanes) is 1. The van der Waals surface area contributed by atoms with Gasteiger partial charge in [-0.2, -0.15) is 0 Å². The van der Waals surface area contributed by atoms with Gasteiger partial charge < -0.3 is 40.0 Å². The van der Waals surface area contributed by atoms with Crippen LogP contribution in [-0.4, -0.2) is 76.2 Å². The first-order valence-electron chi connectivity index (χ1n) is 16.9. The molecule has 11 heteroatoms. The summed E-state index contributed by atoms with van der Waals surface area (Å²) in [6, 6.07) is 25.6. The second-order valence-corrected chi connectivity index (χ2v) is 11.6. The lowest BCUT2D eigenvalue weighted by Crippen LogP contribution is -2.44. The fraction of sp³-hybridized carbons (Fsp3) is 0.447. The lowest BCUT2D eigenvalue weighted by molar-refractivity contribution is -0.121. The van der Waals surface area contributed by atoms with Crippen LogP contribution in [0.25, 0.3) is 0 Å². The Morgan fingerprint density at radius 1 is 0.714 bits per heavy atom. The standard InChI is InChI=1S/C38H51N3O8/c1-5-35(43)40-24-34(25-41-36(44)6-2)49-37(45)39-23-11-10-12-28(26-42)27-48-38(29-13-8-7-9-14-29,30-15-19-32(46-3)20-16-30)31-17-21-33(47-4)22-18-31/h7-9,13-22,28,34,42H,5-6,10-12,23-27H2,1-4H3,(H,39,45)(H,40,43)(H,41,44). The van der Waals surface area contributed by atoms with Crippen molar-refractivity contribution in [3.8, 4) is 11.5 Å². The first-order chi connectivity index (χ1) is 23.8. The summed E-state index contributed by atoms with van der Waals surface area (Å²) in [6.07, 6.45) is 1.31. The number of carbonyl (C=O) groups is 3. The van der Waals surface area contributed by atoms with Crippen LogP contribution in [0.2, 0.25) is 0 Å². The average Bonchev–Trinajstić information content (AvgIpc) is 3.15. The van der Waals surface area contributed by atoms with E-state index in [0.29, 0.717) is 32.2 Å². The predicted octanol–water partition coefficient (Wildman–Crippen LogP) is 4.94. The summed E-state index contributed by atoms with van der Waals surface area (Å²) >= 11 is 0. The summed E-state index contributed by atoms with van der Waals surface area (Å²) in [6.45, 7) is 4.21. The molecule has 0 aliphatic rings. The maximum atomic E-state index is 12.5. The molecule has 0 saturated heterocycles. The summed E-state index contributed by atoms with van der Waals surface area (Å²) in [5.74, 6) is 0.946. The van der Waals surface area contributed by atoms with Gasteiger partial charge in [0, 0.05) is 31.9 Å². The van der Waals surface area contributed by atoms with Crippen LogP contribution in [0.4, 0.5) is 4.79 Å². The van der Waals surface area contributed by atoms with Crippen LogP contribution in [0.15, 0.2) is 78.9 Å². The van der Waals surface area contributed by atoms with Crippen LogP contribution in [0, 0.1) is 5.92 Å². The van der Waals surface area contributed by atoms with Gasteiger partial charge in [-0.1, -0.05) is 74.9 Å². The molecular weight excluding hydrogens is 626 g/mol. The highest BCUT2D eigenvalue weighted by molar-refractivity contribution is 5.76. The fourth-order valence-corrected chi connectivity index (χ4v) is 5.35. The monoisotopic (exact) mass is 677 g/mol. The summed E-state index contributed by atoms with van der Waals surface area (Å²) in [7, 11) is 3.26. The van der Waals surface area contributed by atoms with E-state index in [9.17, 15) is 19.5 Å². The second kappa shape index (κ2) is 20.7. The Hall–Kier alpha value is -4.61. The maximum Gasteiger partial charge on any atom is 0.407 e. The average molecular weight is 678 g/mol. The van der Waals surface area contributed by atoms with Crippen molar-refractivity contribution in [2.75, 3.05) is 47.1 Å². The van der Waals surface area contributed by atoms with Crippen molar-refractivity contribution in [3.05, 3.63) is 95.6 Å². The Balaban J connectivity index is 1.65. The molecule has 3 aromatic carbocycles. The van der Waals surface area contributed by atoms with Crippen molar-refractivity contribution in [3.63, 3.8) is 0 Å². The number of rotatable bonds is 21. The maximum absolute atomic E-state index is 12.5. The summed E-state index contributed by atoms with van der Waals surface area (Å²) in [5, 5.41) is 18.5. The number of ether oxygens (including phenoxy) is 4. The molecule has 0 radical (unpaired) electrons. The highest BCUT2D eigenvalue weighted by Gasteiger charge is 2.38. The molecule has 0 bridgehead atoms. The largest absolute Gasteiger partial charge is 0.497 e. The third-order valence-electron chi connectivity index (χ3n) is 8.25. The number of benzene rings is 3. The molecule has 3 amide bonds. The van der Waals surface area contributed by atoms with Gasteiger partial charge in [-0.3, -0.25) is 9.59 Å². The molecule has 0 heterocycles. The van der Waals surface area contributed by atoms with Crippen molar-refractivity contribution in [2.24, 2.45) is 5.92 Å². The number of alkyl carbamates (subject to hydrolysis) is 1. The molecule has 3 rings (SSSR count). The van der Waals surface area contributed by atoms with Crippen LogP contribution in [0.3, 0.4) is 0 Å². The van der Waals surface area contributed by atoms with Crippen molar-refractivity contribution in [1.82, 2.24) is 16.0 Å². The Bertz CT molecular complexity index is 1350. The van der Waals surface area contributed by atoms with Crippen molar-refractivity contribution >= 4 is 17.9 Å². The van der Waals surface area contributed by atoms with Crippen LogP contribution < -0.4 is 25.4 Å². The van der Waals surface area contributed by atoms with Crippen LogP contribution in [0.5, 0.6) is 11.5 Å². The highest BCUT2D eigenvalue weighted by atomic mass is 16.6. The quantitative estimate of drug-likeness (QED) is 0.0918. The van der Waals surface area contributed by atoms with E-state index in [1.807, 2.05) is 78.9 Å². The smallest absolute Gasteiger partial charge is 0.407 e. The van der Waals surface area contributed by atoms with Crippen LogP contribution in [-0.2, 0) is 24.7 Å². The molecule has 0 fully saturated rings. The minimum absolute atomic E-state index is 0.0692. The first-order valence-corrected chi connectivity index (χ1v) is 16.9. The number of carbonyl (C=O) groups excluding carboxylic acids is 3. The zero-order valence-electron chi connectivity index (χ0n) is 29.0. The molecule has 0 aromatic heterocycles. The van der Waals surface area contributed by atoms with E-state index in [2.05, 4.69) is 16.0 Å². The van der Waals surface area contributed by atoms with E-state index in [4.69, 9.17) is 18.9 Å². The van der Waals surface area contributed by atoms with Gasteiger partial charge in [0.2, 0.25) is 11.8 Å². The van der Waals surface area contributed by atoms with Gasteiger partial charge in [-0.15, -0.1) is 0 Å². The number of hydrogen-bond acceptors (Lipinski definition) is 8. The molecule has 1 unspecified atom stereocenters. The zero-order valence-corrected chi connectivity index (χ0v) is 29.0. The fourth-order valence-electron chi connectivity index (χ4n) is 5.35. The number of methoxy groups -OCH3 is 2. The number of amides is 3. The summed E-state index contributed by atoms with van der Waals surface area (Å²) < 4.78 is 23.3. The van der Waals surface area contributed by atoms with E-state index in [-0.39, 0.29) is 44.0 Å². The minimum atomic E-state index is -0.984. The third kappa shape index (κ3) is 11.8. The third-order valence-corrected chi connectivity index (χ3v) is 8.25. The molecule has 0 aliphatic carbocycles. The number of aliphatic hydroxyl groups excluding tert-OH is 1. The molecular formula is C38H51N3O8. The second-order valence-electron chi connectivity index (χ2n) is 11.6. The Morgan fingerprint density at radius 2 is 1.22 bits per heavy atom. The molecule has 0 saturated carbocycles. The number of aliphatic hydroxyl groups is 1. The first kappa shape index (κ1) is 38.8. The zero-order chi connectivity index (χ0) is 35.5. The molecule has 3 aromatic rings. The SMILES string of the molecule is CCC(=O)NCC(CNC(=O)CC)OC(=O)NCCCCC(CO)COC(c1ccccc1)(c1ccc(OC)cc1)c1ccc(OC)cc1. The molecule has 49 heavy (non-hydrogen) atoms. The Kier molecular flexibility index (Phi) is 16.4. The highest BCUT2D eigenvalue weighted by Crippen LogP contribution is 2.42. The van der Waals surface area contributed by atoms with Gasteiger partial charge in [0.05, 0.1) is 33.9 Å². The Morgan fingerprint density at radius 3 is 1.69 bits per heavy atom. The van der Waals surface area contributed by atoms with Gasteiger partial charge in [0.25, 0.3) is 0 Å². The molecule has 1 atom stereocenters. The van der Waals surface area contributed by atoms with Crippen LogP contribution >= 0.6 is 0 Å². The van der Waals surface area contributed by atoms with E-state index in [0.717, 1.165) is 34.6 Å². The van der Waals surface area contributed by atoms with Crippen molar-refractivity contribution < 1.29 is 38.4 Å². The van der Waals surface area contributed by atoms with E-state index < -0.39 is 17.8 Å². The Labute approximate surface area is 289 Å². The summed E-state index contributed by atoms with van der Waals surface area (Å²) in [5.41, 5.74) is 1.77. The van der Waals surface area contributed by atoms with Crippen molar-refractivity contribution in [1.29, 1.82) is 0 Å². The summed E-state index contributed by atoms with van der Waals surface area (Å²) in [4.78, 5) is 35.9. The van der Waals surface area contributed by atoms with Gasteiger partial charge in [0.15, 0.2) is 0 Å². The molecule has 0 spiro atoms. The van der Waals surface area contributed by atoms with Crippen molar-refractivity contribution in [2.45, 2.75) is 57.7 Å². The van der Waals surface area contributed by atoms with Gasteiger partial charge >= 0.3 is 6.09 Å². The van der Waals surface area contributed by atoms with Gasteiger partial charge in [0.1, 0.15) is 23.2 Å². The van der Waals surface area contributed by atoms with Crippen LogP contribution in [0.1, 0.15) is 62.6 Å². The molecule has 0 aliphatic heterocycles. The van der Waals surface area contributed by atoms with Gasteiger partial charge in [-0.05, 0) is 53.8 Å².